The van der Waals surface area contributed by atoms with E-state index >= 15 is 0 Å². The zero-order valence-corrected chi connectivity index (χ0v) is 13.0. The van der Waals surface area contributed by atoms with Gasteiger partial charge in [-0.05, 0) is 32.1 Å². The standard InChI is InChI=1S/C16H26N2O3/c1-14(19)18(8-7-15-5-3-2-4-6-15)13-16(20)17-9-11-21-12-10-17/h5H,2-4,6-13H2,1H3. The normalized spacial score (nSPS) is 19.1. The number of hydrogen-bond donors (Lipinski definition) is 0. The van der Waals surface area contributed by atoms with E-state index in [-0.39, 0.29) is 18.4 Å². The van der Waals surface area contributed by atoms with Crippen LogP contribution in [-0.2, 0) is 14.3 Å². The van der Waals surface area contributed by atoms with Gasteiger partial charge in [-0.15, -0.1) is 0 Å². The lowest BCUT2D eigenvalue weighted by Gasteiger charge is -2.30. The zero-order chi connectivity index (χ0) is 15.1. The maximum atomic E-state index is 12.2. The van der Waals surface area contributed by atoms with E-state index in [1.165, 1.54) is 18.4 Å². The van der Waals surface area contributed by atoms with Crippen LogP contribution < -0.4 is 0 Å². The summed E-state index contributed by atoms with van der Waals surface area (Å²) >= 11 is 0. The quantitative estimate of drug-likeness (QED) is 0.723. The van der Waals surface area contributed by atoms with Crippen LogP contribution in [0.2, 0.25) is 0 Å². The molecule has 5 nitrogen and oxygen atoms in total. The molecule has 1 aliphatic heterocycles. The fourth-order valence-electron chi connectivity index (χ4n) is 2.83. The fourth-order valence-corrected chi connectivity index (χ4v) is 2.83. The summed E-state index contributed by atoms with van der Waals surface area (Å²) in [6.45, 7) is 4.85. The number of hydrogen-bond acceptors (Lipinski definition) is 3. The molecule has 0 bridgehead atoms. The number of allylic oxidation sites excluding steroid dienone is 1. The third-order valence-electron chi connectivity index (χ3n) is 4.22. The van der Waals surface area contributed by atoms with Gasteiger partial charge in [0.1, 0.15) is 0 Å². The molecule has 0 unspecified atom stereocenters. The van der Waals surface area contributed by atoms with E-state index < -0.39 is 0 Å². The Balaban J connectivity index is 1.81. The molecule has 1 heterocycles. The fraction of sp³-hybridized carbons (Fsp3) is 0.750. The molecule has 21 heavy (non-hydrogen) atoms. The summed E-state index contributed by atoms with van der Waals surface area (Å²) in [6, 6.07) is 0. The molecule has 0 spiro atoms. The minimum Gasteiger partial charge on any atom is -0.378 e. The Morgan fingerprint density at radius 1 is 1.29 bits per heavy atom. The van der Waals surface area contributed by atoms with Gasteiger partial charge in [0.2, 0.25) is 11.8 Å². The smallest absolute Gasteiger partial charge is 0.242 e. The van der Waals surface area contributed by atoms with E-state index in [2.05, 4.69) is 6.08 Å². The van der Waals surface area contributed by atoms with Crippen LogP contribution in [-0.4, -0.2) is 61.0 Å². The van der Waals surface area contributed by atoms with E-state index in [1.807, 2.05) is 0 Å². The molecule has 0 radical (unpaired) electrons. The van der Waals surface area contributed by atoms with Gasteiger partial charge in [-0.2, -0.15) is 0 Å². The Bertz CT molecular complexity index is 400. The second-order valence-corrected chi connectivity index (χ2v) is 5.79. The molecule has 0 N–H and O–H groups in total. The van der Waals surface area contributed by atoms with E-state index in [0.29, 0.717) is 32.8 Å². The highest BCUT2D eigenvalue weighted by molar-refractivity contribution is 5.83. The summed E-state index contributed by atoms with van der Waals surface area (Å²) in [5.74, 6) is 0.0131. The number of morpholine rings is 1. The highest BCUT2D eigenvalue weighted by Gasteiger charge is 2.21. The van der Waals surface area contributed by atoms with Crippen LogP contribution in [0.3, 0.4) is 0 Å². The van der Waals surface area contributed by atoms with Gasteiger partial charge in [-0.1, -0.05) is 11.6 Å². The number of rotatable bonds is 5. The Kier molecular flexibility index (Phi) is 6.23. The average molecular weight is 294 g/mol. The van der Waals surface area contributed by atoms with Crippen molar-refractivity contribution in [2.45, 2.75) is 39.0 Å². The number of ether oxygens (including phenoxy) is 1. The summed E-state index contributed by atoms with van der Waals surface area (Å²) in [6.07, 6.45) is 8.01. The lowest BCUT2D eigenvalue weighted by atomic mass is 9.97. The van der Waals surface area contributed by atoms with Crippen molar-refractivity contribution in [1.82, 2.24) is 9.80 Å². The molecule has 0 aromatic carbocycles. The molecule has 1 aliphatic carbocycles. The van der Waals surface area contributed by atoms with Crippen molar-refractivity contribution in [2.24, 2.45) is 0 Å². The predicted molar refractivity (Wildman–Crippen MR) is 80.8 cm³/mol. The molecular formula is C16H26N2O3. The summed E-state index contributed by atoms with van der Waals surface area (Å²) in [5, 5.41) is 0. The van der Waals surface area contributed by atoms with Crippen LogP contribution in [0.4, 0.5) is 0 Å². The van der Waals surface area contributed by atoms with Crippen molar-refractivity contribution in [3.8, 4) is 0 Å². The molecule has 0 atom stereocenters. The lowest BCUT2D eigenvalue weighted by molar-refractivity contribution is -0.142. The molecule has 118 valence electrons. The first kappa shape index (κ1) is 16.0. The van der Waals surface area contributed by atoms with Crippen molar-refractivity contribution in [2.75, 3.05) is 39.4 Å². The van der Waals surface area contributed by atoms with Gasteiger partial charge in [0.15, 0.2) is 0 Å². The van der Waals surface area contributed by atoms with Crippen molar-refractivity contribution in [1.29, 1.82) is 0 Å². The second kappa shape index (κ2) is 8.17. The van der Waals surface area contributed by atoms with Gasteiger partial charge in [0.25, 0.3) is 0 Å². The van der Waals surface area contributed by atoms with E-state index in [4.69, 9.17) is 4.74 Å². The van der Waals surface area contributed by atoms with Crippen molar-refractivity contribution >= 4 is 11.8 Å². The second-order valence-electron chi connectivity index (χ2n) is 5.79. The predicted octanol–water partition coefficient (Wildman–Crippen LogP) is 1.58. The third kappa shape index (κ3) is 5.16. The van der Waals surface area contributed by atoms with Crippen molar-refractivity contribution in [3.63, 3.8) is 0 Å². The first-order valence-electron chi connectivity index (χ1n) is 7.96. The zero-order valence-electron chi connectivity index (χ0n) is 13.0. The Morgan fingerprint density at radius 3 is 2.67 bits per heavy atom. The number of amides is 2. The van der Waals surface area contributed by atoms with Crippen LogP contribution in [0, 0.1) is 0 Å². The third-order valence-corrected chi connectivity index (χ3v) is 4.22. The van der Waals surface area contributed by atoms with Gasteiger partial charge in [0.05, 0.1) is 19.8 Å². The average Bonchev–Trinajstić information content (AvgIpc) is 2.52. The Labute approximate surface area is 126 Å². The molecule has 2 amide bonds. The SMILES string of the molecule is CC(=O)N(CCC1=CCCCC1)CC(=O)N1CCOCC1. The molecule has 5 heteroatoms. The van der Waals surface area contributed by atoms with Crippen LogP contribution in [0.1, 0.15) is 39.0 Å². The van der Waals surface area contributed by atoms with Gasteiger partial charge in [-0.25, -0.2) is 0 Å². The molecule has 2 rings (SSSR count). The topological polar surface area (TPSA) is 49.9 Å². The minimum atomic E-state index is -0.0204. The summed E-state index contributed by atoms with van der Waals surface area (Å²) in [7, 11) is 0. The van der Waals surface area contributed by atoms with Gasteiger partial charge >= 0.3 is 0 Å². The van der Waals surface area contributed by atoms with E-state index in [9.17, 15) is 9.59 Å². The summed E-state index contributed by atoms with van der Waals surface area (Å²) < 4.78 is 5.25. The van der Waals surface area contributed by atoms with Crippen molar-refractivity contribution < 1.29 is 14.3 Å². The van der Waals surface area contributed by atoms with Crippen LogP contribution in [0.25, 0.3) is 0 Å². The first-order valence-corrected chi connectivity index (χ1v) is 7.96. The molecule has 0 aromatic heterocycles. The van der Waals surface area contributed by atoms with Gasteiger partial charge < -0.3 is 14.5 Å². The molecule has 1 saturated heterocycles. The Morgan fingerprint density at radius 2 is 2.05 bits per heavy atom. The maximum absolute atomic E-state index is 12.2. The van der Waals surface area contributed by atoms with E-state index in [0.717, 1.165) is 19.3 Å². The highest BCUT2D eigenvalue weighted by atomic mass is 16.5. The van der Waals surface area contributed by atoms with Crippen LogP contribution >= 0.6 is 0 Å². The lowest BCUT2D eigenvalue weighted by Crippen LogP contribution is -2.47. The highest BCUT2D eigenvalue weighted by Crippen LogP contribution is 2.20. The van der Waals surface area contributed by atoms with Crippen LogP contribution in [0.15, 0.2) is 11.6 Å². The monoisotopic (exact) mass is 294 g/mol. The molecule has 0 aromatic rings. The van der Waals surface area contributed by atoms with Crippen LogP contribution in [0.5, 0.6) is 0 Å². The van der Waals surface area contributed by atoms with E-state index in [1.54, 1.807) is 16.7 Å². The molecule has 2 aliphatic rings. The first-order chi connectivity index (χ1) is 10.2. The largest absolute Gasteiger partial charge is 0.378 e. The molecule has 0 saturated carbocycles. The van der Waals surface area contributed by atoms with Crippen molar-refractivity contribution in [3.05, 3.63) is 11.6 Å². The number of carbonyl (C=O) groups is 2. The van der Waals surface area contributed by atoms with Gasteiger partial charge in [-0.3, -0.25) is 9.59 Å². The summed E-state index contributed by atoms with van der Waals surface area (Å²) in [5.41, 5.74) is 1.44. The number of nitrogens with zero attached hydrogens (tertiary/aromatic N) is 2. The van der Waals surface area contributed by atoms with Gasteiger partial charge in [0, 0.05) is 26.6 Å². The summed E-state index contributed by atoms with van der Waals surface area (Å²) in [4.78, 5) is 27.4. The minimum absolute atomic E-state index is 0.0204. The Hall–Kier alpha value is -1.36. The maximum Gasteiger partial charge on any atom is 0.242 e. The molecule has 1 fully saturated rings. The number of carbonyl (C=O) groups excluding carboxylic acids is 2. The molecular weight excluding hydrogens is 268 g/mol.